The molecule has 4 heteroatoms. The van der Waals surface area contributed by atoms with Crippen LogP contribution in [-0.2, 0) is 14.3 Å². The average Bonchev–Trinajstić information content (AvgIpc) is 2.98. The van der Waals surface area contributed by atoms with E-state index in [1.807, 2.05) is 19.9 Å². The lowest BCUT2D eigenvalue weighted by Crippen LogP contribution is -2.51. The number of fused-ring (bicyclic) bond motifs is 5. The zero-order valence-electron chi connectivity index (χ0n) is 18.0. The monoisotopic (exact) mass is 388 g/mol. The topological polar surface area (TPSA) is 52.6 Å². The molecule has 7 atom stereocenters. The summed E-state index contributed by atoms with van der Waals surface area (Å²) < 4.78 is 11.3. The smallest absolute Gasteiger partial charge is 0.431 e. The van der Waals surface area contributed by atoms with Crippen molar-refractivity contribution in [2.45, 2.75) is 97.7 Å². The van der Waals surface area contributed by atoms with Crippen LogP contribution in [0.5, 0.6) is 0 Å². The van der Waals surface area contributed by atoms with Gasteiger partial charge in [0.1, 0.15) is 12.2 Å². The Labute approximate surface area is 169 Å². The maximum Gasteiger partial charge on any atom is 0.508 e. The van der Waals surface area contributed by atoms with E-state index in [0.717, 1.165) is 38.5 Å². The van der Waals surface area contributed by atoms with Gasteiger partial charge in [-0.3, -0.25) is 4.79 Å². The van der Waals surface area contributed by atoms with Crippen molar-refractivity contribution in [3.63, 3.8) is 0 Å². The van der Waals surface area contributed by atoms with Gasteiger partial charge in [0.25, 0.3) is 0 Å². The maximum absolute atomic E-state index is 12.3. The Hall–Kier alpha value is -1.32. The number of allylic oxidation sites excluding steroid dienone is 1. The number of ketones is 1. The molecule has 0 bridgehead atoms. The maximum atomic E-state index is 12.3. The Morgan fingerprint density at radius 3 is 2.68 bits per heavy atom. The van der Waals surface area contributed by atoms with Crippen LogP contribution in [0.1, 0.15) is 85.5 Å². The number of hydrogen-bond donors (Lipinski definition) is 0. The minimum atomic E-state index is -0.491. The van der Waals surface area contributed by atoms with E-state index >= 15 is 0 Å². The zero-order valence-corrected chi connectivity index (χ0v) is 18.0. The fourth-order valence-corrected chi connectivity index (χ4v) is 7.10. The minimum Gasteiger partial charge on any atom is -0.431 e. The molecule has 0 radical (unpaired) electrons. The fourth-order valence-electron chi connectivity index (χ4n) is 7.10. The van der Waals surface area contributed by atoms with Gasteiger partial charge in [-0.1, -0.05) is 26.3 Å². The van der Waals surface area contributed by atoms with Crippen molar-refractivity contribution in [3.05, 3.63) is 11.6 Å². The van der Waals surface area contributed by atoms with Crippen LogP contribution in [0.15, 0.2) is 11.6 Å². The predicted octanol–water partition coefficient (Wildman–Crippen LogP) is 5.84. The average molecular weight is 389 g/mol. The van der Waals surface area contributed by atoms with Crippen LogP contribution >= 0.6 is 0 Å². The molecule has 4 nitrogen and oxygen atoms in total. The van der Waals surface area contributed by atoms with Gasteiger partial charge in [-0.05, 0) is 87.5 Å². The molecular weight excluding hydrogens is 352 g/mol. The van der Waals surface area contributed by atoms with Crippen LogP contribution in [0.3, 0.4) is 0 Å². The standard InChI is InChI=1S/C24H36O4/c1-5-15(2)27-22(26)28-21-9-8-19-18-7-6-16-14-17(25)10-12-23(16,3)20(18)11-13-24(19,21)4/h14-15,18-21H,5-13H2,1-4H3. The van der Waals surface area contributed by atoms with Gasteiger partial charge in [-0.2, -0.15) is 0 Å². The third-order valence-corrected chi connectivity index (χ3v) is 8.99. The molecule has 3 saturated carbocycles. The molecule has 7 unspecified atom stereocenters. The summed E-state index contributed by atoms with van der Waals surface area (Å²) in [6.45, 7) is 8.68. The SMILES string of the molecule is CCC(C)OC(=O)OC1CCC2C3CCC4=CC(=O)CCC4(C)C3CCC12C. The van der Waals surface area contributed by atoms with E-state index in [9.17, 15) is 9.59 Å². The summed E-state index contributed by atoms with van der Waals surface area (Å²) in [5, 5.41) is 0. The van der Waals surface area contributed by atoms with Gasteiger partial charge >= 0.3 is 6.16 Å². The van der Waals surface area contributed by atoms with Crippen molar-refractivity contribution < 1.29 is 19.1 Å². The Morgan fingerprint density at radius 1 is 1.14 bits per heavy atom. The number of hydrogen-bond acceptors (Lipinski definition) is 4. The van der Waals surface area contributed by atoms with Crippen LogP contribution in [0, 0.1) is 28.6 Å². The lowest BCUT2D eigenvalue weighted by atomic mass is 9.47. The molecule has 0 aromatic rings. The van der Waals surface area contributed by atoms with Crippen LogP contribution in [0.4, 0.5) is 4.79 Å². The molecule has 4 aliphatic carbocycles. The summed E-state index contributed by atoms with van der Waals surface area (Å²) in [4.78, 5) is 24.2. The number of carbonyl (C=O) groups excluding carboxylic acids is 2. The van der Waals surface area contributed by atoms with Gasteiger partial charge in [0.05, 0.1) is 0 Å². The summed E-state index contributed by atoms with van der Waals surface area (Å²) in [7, 11) is 0. The fraction of sp³-hybridized carbons (Fsp3) is 0.833. The molecule has 156 valence electrons. The summed E-state index contributed by atoms with van der Waals surface area (Å²) in [5.41, 5.74) is 1.68. The molecule has 0 amide bonds. The van der Waals surface area contributed by atoms with Gasteiger partial charge in [-0.15, -0.1) is 0 Å². The molecule has 0 heterocycles. The quantitative estimate of drug-likeness (QED) is 0.570. The first-order valence-corrected chi connectivity index (χ1v) is 11.4. The normalized spacial score (nSPS) is 43.3. The number of ether oxygens (including phenoxy) is 2. The molecule has 0 saturated heterocycles. The van der Waals surface area contributed by atoms with Gasteiger partial charge in [0, 0.05) is 11.8 Å². The molecule has 0 N–H and O–H groups in total. The molecule has 0 aromatic carbocycles. The predicted molar refractivity (Wildman–Crippen MR) is 108 cm³/mol. The Balaban J connectivity index is 1.50. The highest BCUT2D eigenvalue weighted by Gasteiger charge is 2.60. The highest BCUT2D eigenvalue weighted by atomic mass is 16.7. The van der Waals surface area contributed by atoms with Crippen molar-refractivity contribution in [1.82, 2.24) is 0 Å². The lowest BCUT2D eigenvalue weighted by molar-refractivity contribution is -0.118. The van der Waals surface area contributed by atoms with Crippen molar-refractivity contribution in [2.24, 2.45) is 28.6 Å². The highest BCUT2D eigenvalue weighted by Crippen LogP contribution is 2.65. The van der Waals surface area contributed by atoms with E-state index in [-0.39, 0.29) is 23.0 Å². The van der Waals surface area contributed by atoms with E-state index in [1.165, 1.54) is 18.4 Å². The highest BCUT2D eigenvalue weighted by molar-refractivity contribution is 5.91. The summed E-state index contributed by atoms with van der Waals surface area (Å²) >= 11 is 0. The van der Waals surface area contributed by atoms with Crippen molar-refractivity contribution >= 4 is 11.9 Å². The molecule has 0 aromatic heterocycles. The molecule has 4 aliphatic rings. The first kappa shape index (κ1) is 20.0. The van der Waals surface area contributed by atoms with Crippen molar-refractivity contribution in [3.8, 4) is 0 Å². The summed E-state index contributed by atoms with van der Waals surface area (Å²) in [6, 6.07) is 0. The van der Waals surface area contributed by atoms with E-state index in [1.54, 1.807) is 0 Å². The van der Waals surface area contributed by atoms with Gasteiger partial charge in [-0.25, -0.2) is 4.79 Å². The number of rotatable bonds is 3. The van der Waals surface area contributed by atoms with E-state index < -0.39 is 6.16 Å². The molecule has 28 heavy (non-hydrogen) atoms. The second-order valence-electron chi connectivity index (χ2n) is 10.3. The third-order valence-electron chi connectivity index (χ3n) is 8.99. The van der Waals surface area contributed by atoms with E-state index in [0.29, 0.717) is 30.0 Å². The van der Waals surface area contributed by atoms with E-state index in [2.05, 4.69) is 13.8 Å². The summed E-state index contributed by atoms with van der Waals surface area (Å²) in [5.74, 6) is 2.29. The first-order valence-electron chi connectivity index (χ1n) is 11.4. The zero-order chi connectivity index (χ0) is 20.1. The third kappa shape index (κ3) is 3.11. The second kappa shape index (κ2) is 7.18. The first-order chi connectivity index (χ1) is 13.3. The minimum absolute atomic E-state index is 0.0207. The molecule has 0 spiro atoms. The van der Waals surface area contributed by atoms with Gasteiger partial charge in [0.2, 0.25) is 0 Å². The van der Waals surface area contributed by atoms with Crippen LogP contribution in [0.25, 0.3) is 0 Å². The Bertz CT molecular complexity index is 682. The van der Waals surface area contributed by atoms with Gasteiger partial charge in [0.15, 0.2) is 5.78 Å². The largest absolute Gasteiger partial charge is 0.508 e. The van der Waals surface area contributed by atoms with Crippen molar-refractivity contribution in [1.29, 1.82) is 0 Å². The molecular formula is C24H36O4. The second-order valence-corrected chi connectivity index (χ2v) is 10.3. The lowest BCUT2D eigenvalue weighted by Gasteiger charge is -2.57. The molecule has 3 fully saturated rings. The molecule has 4 rings (SSSR count). The number of carbonyl (C=O) groups is 2. The summed E-state index contributed by atoms with van der Waals surface area (Å²) in [6.07, 6.45) is 10.5. The van der Waals surface area contributed by atoms with Crippen LogP contribution in [0.2, 0.25) is 0 Å². The van der Waals surface area contributed by atoms with Crippen LogP contribution < -0.4 is 0 Å². The van der Waals surface area contributed by atoms with Gasteiger partial charge < -0.3 is 9.47 Å². The van der Waals surface area contributed by atoms with Crippen molar-refractivity contribution in [2.75, 3.05) is 0 Å². The van der Waals surface area contributed by atoms with E-state index in [4.69, 9.17) is 9.47 Å². The van der Waals surface area contributed by atoms with Crippen LogP contribution in [-0.4, -0.2) is 24.1 Å². The Morgan fingerprint density at radius 2 is 1.93 bits per heavy atom. The molecule has 0 aliphatic heterocycles. The Kier molecular flexibility index (Phi) is 5.12.